The highest BCUT2D eigenvalue weighted by Crippen LogP contribution is 2.23. The van der Waals surface area contributed by atoms with Crippen molar-refractivity contribution in [1.29, 1.82) is 0 Å². The van der Waals surface area contributed by atoms with Gasteiger partial charge in [0, 0.05) is 38.9 Å². The van der Waals surface area contributed by atoms with Crippen molar-refractivity contribution >= 4 is 22.8 Å². The highest BCUT2D eigenvalue weighted by atomic mass is 16.2. The van der Waals surface area contributed by atoms with Crippen LogP contribution in [-0.4, -0.2) is 69.1 Å². The van der Waals surface area contributed by atoms with E-state index in [2.05, 4.69) is 10.1 Å². The molecule has 2 aromatic heterocycles. The van der Waals surface area contributed by atoms with Crippen LogP contribution in [0.3, 0.4) is 0 Å². The number of aromatic nitrogens is 3. The average molecular weight is 344 g/mol. The summed E-state index contributed by atoms with van der Waals surface area (Å²) in [4.78, 5) is 32.6. The van der Waals surface area contributed by atoms with Gasteiger partial charge < -0.3 is 10.6 Å². The van der Waals surface area contributed by atoms with E-state index in [1.54, 1.807) is 4.68 Å². The quantitative estimate of drug-likeness (QED) is 0.859. The van der Waals surface area contributed by atoms with Crippen LogP contribution in [0, 0.1) is 13.8 Å². The molecule has 2 aromatic rings. The van der Waals surface area contributed by atoms with E-state index < -0.39 is 0 Å². The zero-order valence-electron chi connectivity index (χ0n) is 14.9. The topological polar surface area (TPSA) is 97.4 Å². The van der Waals surface area contributed by atoms with Gasteiger partial charge in [-0.3, -0.25) is 19.2 Å². The number of rotatable bonds is 3. The van der Waals surface area contributed by atoms with Gasteiger partial charge in [-0.2, -0.15) is 5.10 Å². The van der Waals surface area contributed by atoms with Gasteiger partial charge in [-0.15, -0.1) is 0 Å². The number of pyridine rings is 1. The zero-order valence-corrected chi connectivity index (χ0v) is 14.9. The highest BCUT2D eigenvalue weighted by molar-refractivity contribution is 6.06. The first-order valence-corrected chi connectivity index (χ1v) is 8.47. The summed E-state index contributed by atoms with van der Waals surface area (Å²) in [5, 5.41) is 5.22. The lowest BCUT2D eigenvalue weighted by Gasteiger charge is -2.22. The fourth-order valence-electron chi connectivity index (χ4n) is 3.46. The molecule has 3 heterocycles. The van der Waals surface area contributed by atoms with Gasteiger partial charge in [0.2, 0.25) is 5.91 Å². The van der Waals surface area contributed by atoms with Crippen LogP contribution in [0.5, 0.6) is 0 Å². The number of amides is 2. The van der Waals surface area contributed by atoms with Gasteiger partial charge in [-0.1, -0.05) is 0 Å². The number of fused-ring (bicyclic) bond motifs is 1. The molecule has 134 valence electrons. The summed E-state index contributed by atoms with van der Waals surface area (Å²) in [5.74, 6) is -0.343. The molecule has 0 saturated carbocycles. The van der Waals surface area contributed by atoms with Gasteiger partial charge in [0.25, 0.3) is 5.91 Å². The maximum Gasteiger partial charge on any atom is 0.254 e. The maximum absolute atomic E-state index is 13.2. The van der Waals surface area contributed by atoms with Crippen molar-refractivity contribution in [1.82, 2.24) is 24.6 Å². The second-order valence-corrected chi connectivity index (χ2v) is 6.61. The third-order valence-corrected chi connectivity index (χ3v) is 4.58. The first-order chi connectivity index (χ1) is 11.9. The fraction of sp³-hybridized carbons (Fsp3) is 0.529. The summed E-state index contributed by atoms with van der Waals surface area (Å²) in [5.41, 5.74) is 8.26. The summed E-state index contributed by atoms with van der Waals surface area (Å²) in [6.45, 7) is 6.67. The summed E-state index contributed by atoms with van der Waals surface area (Å²) in [7, 11) is 1.84. The number of nitrogens with two attached hydrogens (primary N) is 1. The zero-order chi connectivity index (χ0) is 18.1. The fourth-order valence-corrected chi connectivity index (χ4v) is 3.46. The molecule has 25 heavy (non-hydrogen) atoms. The molecule has 8 heteroatoms. The minimum atomic E-state index is -0.336. The van der Waals surface area contributed by atoms with Crippen molar-refractivity contribution in [2.24, 2.45) is 12.8 Å². The van der Waals surface area contributed by atoms with Crippen molar-refractivity contribution in [2.45, 2.75) is 20.3 Å². The molecular formula is C17H24N6O2. The molecule has 0 radical (unpaired) electrons. The van der Waals surface area contributed by atoms with Crippen LogP contribution in [0.2, 0.25) is 0 Å². The number of carbonyl (C=O) groups excluding carboxylic acids is 2. The molecule has 3 rings (SSSR count). The highest BCUT2D eigenvalue weighted by Gasteiger charge is 2.24. The monoisotopic (exact) mass is 344 g/mol. The Kier molecular flexibility index (Phi) is 4.71. The second kappa shape index (κ2) is 6.79. The van der Waals surface area contributed by atoms with Gasteiger partial charge in [-0.05, 0) is 26.3 Å². The van der Waals surface area contributed by atoms with E-state index in [0.29, 0.717) is 25.2 Å². The second-order valence-electron chi connectivity index (χ2n) is 6.61. The number of aryl methyl sites for hydroxylation is 3. The number of hydrogen-bond donors (Lipinski definition) is 1. The lowest BCUT2D eigenvalue weighted by atomic mass is 10.1. The van der Waals surface area contributed by atoms with E-state index >= 15 is 0 Å². The Hall–Kier alpha value is -2.48. The summed E-state index contributed by atoms with van der Waals surface area (Å²) in [6.07, 6.45) is 0.818. The van der Waals surface area contributed by atoms with Crippen LogP contribution in [0.15, 0.2) is 6.07 Å². The van der Waals surface area contributed by atoms with Crippen molar-refractivity contribution in [2.75, 3.05) is 32.7 Å². The molecule has 1 fully saturated rings. The standard InChI is InChI=1S/C17H24N6O2/c1-11-9-13(15-12(2)20-21(3)16(15)19-11)17(25)23-6-4-5-22(7-8-23)10-14(18)24/h9H,4-8,10H2,1-3H3,(H2,18,24). The number of hydrogen-bond acceptors (Lipinski definition) is 5. The largest absolute Gasteiger partial charge is 0.369 e. The smallest absolute Gasteiger partial charge is 0.254 e. The minimum Gasteiger partial charge on any atom is -0.369 e. The Labute approximate surface area is 146 Å². The molecule has 2 N–H and O–H groups in total. The Balaban J connectivity index is 1.88. The molecule has 1 aliphatic heterocycles. The van der Waals surface area contributed by atoms with Crippen molar-refractivity contribution in [3.63, 3.8) is 0 Å². The first kappa shape index (κ1) is 17.3. The summed E-state index contributed by atoms with van der Waals surface area (Å²) in [6, 6.07) is 1.84. The van der Waals surface area contributed by atoms with E-state index in [0.717, 1.165) is 35.4 Å². The Morgan fingerprint density at radius 2 is 1.96 bits per heavy atom. The molecule has 0 spiro atoms. The van der Waals surface area contributed by atoms with Crippen LogP contribution >= 0.6 is 0 Å². The van der Waals surface area contributed by atoms with Gasteiger partial charge >= 0.3 is 0 Å². The van der Waals surface area contributed by atoms with Crippen LogP contribution in [0.25, 0.3) is 11.0 Å². The predicted molar refractivity (Wildman–Crippen MR) is 94.1 cm³/mol. The summed E-state index contributed by atoms with van der Waals surface area (Å²) < 4.78 is 1.71. The molecule has 0 atom stereocenters. The Bertz CT molecular complexity index is 828. The first-order valence-electron chi connectivity index (χ1n) is 8.47. The predicted octanol–water partition coefficient (Wildman–Crippen LogP) is 0.218. The third-order valence-electron chi connectivity index (χ3n) is 4.58. The molecule has 8 nitrogen and oxygen atoms in total. The van der Waals surface area contributed by atoms with E-state index in [4.69, 9.17) is 5.73 Å². The number of primary amides is 1. The molecule has 0 unspecified atom stereocenters. The minimum absolute atomic E-state index is 0.00692. The van der Waals surface area contributed by atoms with Gasteiger partial charge in [0.15, 0.2) is 5.65 Å². The van der Waals surface area contributed by atoms with Crippen LogP contribution < -0.4 is 5.73 Å². The van der Waals surface area contributed by atoms with Crippen LogP contribution in [0.4, 0.5) is 0 Å². The van der Waals surface area contributed by atoms with Crippen molar-refractivity contribution in [3.05, 3.63) is 23.0 Å². The Morgan fingerprint density at radius 1 is 1.20 bits per heavy atom. The van der Waals surface area contributed by atoms with Crippen molar-refractivity contribution < 1.29 is 9.59 Å². The summed E-state index contributed by atoms with van der Waals surface area (Å²) >= 11 is 0. The number of carbonyl (C=O) groups is 2. The molecule has 1 aliphatic rings. The molecule has 0 bridgehead atoms. The van der Waals surface area contributed by atoms with E-state index in [9.17, 15) is 9.59 Å². The van der Waals surface area contributed by atoms with Gasteiger partial charge in [0.05, 0.1) is 23.2 Å². The van der Waals surface area contributed by atoms with Crippen LogP contribution in [-0.2, 0) is 11.8 Å². The van der Waals surface area contributed by atoms with Crippen molar-refractivity contribution in [3.8, 4) is 0 Å². The number of nitrogens with zero attached hydrogens (tertiary/aromatic N) is 5. The maximum atomic E-state index is 13.2. The van der Waals surface area contributed by atoms with E-state index in [1.807, 2.05) is 36.8 Å². The van der Waals surface area contributed by atoms with Gasteiger partial charge in [0.1, 0.15) is 0 Å². The Morgan fingerprint density at radius 3 is 2.68 bits per heavy atom. The molecule has 1 saturated heterocycles. The normalized spacial score (nSPS) is 16.2. The van der Waals surface area contributed by atoms with E-state index in [1.165, 1.54) is 0 Å². The third kappa shape index (κ3) is 3.48. The molecule has 0 aliphatic carbocycles. The molecule has 2 amide bonds. The SMILES string of the molecule is Cc1cc(C(=O)N2CCCN(CC(N)=O)CC2)c2c(C)nn(C)c2n1. The molecular weight excluding hydrogens is 320 g/mol. The average Bonchev–Trinajstić information content (AvgIpc) is 2.72. The van der Waals surface area contributed by atoms with Gasteiger partial charge in [-0.25, -0.2) is 4.98 Å². The molecule has 0 aromatic carbocycles. The van der Waals surface area contributed by atoms with E-state index in [-0.39, 0.29) is 18.4 Å². The lowest BCUT2D eigenvalue weighted by molar-refractivity contribution is -0.119. The lowest BCUT2D eigenvalue weighted by Crippen LogP contribution is -2.38. The van der Waals surface area contributed by atoms with Crippen LogP contribution in [0.1, 0.15) is 28.2 Å².